The molecule has 0 fully saturated rings. The third kappa shape index (κ3) is 2.82. The van der Waals surface area contributed by atoms with Gasteiger partial charge >= 0.3 is 0 Å². The smallest absolute Gasteiger partial charge is 0.266 e. The highest BCUT2D eigenvalue weighted by Gasteiger charge is 2.07. The molecule has 0 saturated carbocycles. The summed E-state index contributed by atoms with van der Waals surface area (Å²) in [4.78, 5) is 11.1. The number of hydrogen-bond donors (Lipinski definition) is 1. The molecule has 5 heteroatoms. The number of nitrogens with one attached hydrogen (secondary N) is 1. The van der Waals surface area contributed by atoms with Crippen molar-refractivity contribution in [3.63, 3.8) is 0 Å². The minimum absolute atomic E-state index is 0.124. The van der Waals surface area contributed by atoms with E-state index in [1.165, 1.54) is 18.2 Å². The van der Waals surface area contributed by atoms with Crippen LogP contribution in [0.1, 0.15) is 0 Å². The van der Waals surface area contributed by atoms with Gasteiger partial charge in [0.2, 0.25) is 0 Å². The Morgan fingerprint density at radius 3 is 2.71 bits per heavy atom. The summed E-state index contributed by atoms with van der Waals surface area (Å²) in [5, 5.41) is 2.33. The van der Waals surface area contributed by atoms with Gasteiger partial charge in [0.15, 0.2) is 0 Å². The van der Waals surface area contributed by atoms with E-state index in [4.69, 9.17) is 11.6 Å². The fraction of sp³-hybridized carbons (Fsp3) is 0. The van der Waals surface area contributed by atoms with E-state index in [0.717, 1.165) is 0 Å². The quantitative estimate of drug-likeness (QED) is 0.827. The Balaban J connectivity index is 2.87. The summed E-state index contributed by atoms with van der Waals surface area (Å²) >= 11 is 8.46. The average Bonchev–Trinajstić information content (AvgIpc) is 2.09. The van der Waals surface area contributed by atoms with Crippen LogP contribution in [0.25, 0.3) is 0 Å². The van der Waals surface area contributed by atoms with E-state index in [9.17, 15) is 9.18 Å². The summed E-state index contributed by atoms with van der Waals surface area (Å²) in [7, 11) is 0. The molecule has 1 rings (SSSR count). The topological polar surface area (TPSA) is 29.1 Å². The second kappa shape index (κ2) is 4.57. The van der Waals surface area contributed by atoms with Crippen molar-refractivity contribution in [2.45, 2.75) is 0 Å². The lowest BCUT2D eigenvalue weighted by Crippen LogP contribution is -2.11. The predicted molar refractivity (Wildman–Crippen MR) is 57.7 cm³/mol. The summed E-state index contributed by atoms with van der Waals surface area (Å²) in [6.07, 6.45) is 0. The van der Waals surface area contributed by atoms with Gasteiger partial charge in [-0.2, -0.15) is 0 Å². The first-order valence-electron chi connectivity index (χ1n) is 3.61. The highest BCUT2D eigenvalue weighted by Crippen LogP contribution is 2.23. The number of carbonyl (C=O) groups excluding carboxylic acids is 1. The molecule has 0 aliphatic heterocycles. The van der Waals surface area contributed by atoms with Crippen LogP contribution in [0.3, 0.4) is 0 Å². The third-order valence-corrected chi connectivity index (χ3v) is 2.25. The van der Waals surface area contributed by atoms with Crippen LogP contribution in [0.2, 0.25) is 0 Å². The summed E-state index contributed by atoms with van der Waals surface area (Å²) in [6.45, 7) is 3.26. The van der Waals surface area contributed by atoms with Gasteiger partial charge in [0, 0.05) is 4.47 Å². The second-order valence-corrected chi connectivity index (χ2v) is 3.79. The van der Waals surface area contributed by atoms with Crippen molar-refractivity contribution in [1.82, 2.24) is 0 Å². The number of hydrogen-bond acceptors (Lipinski definition) is 1. The summed E-state index contributed by atoms with van der Waals surface area (Å²) in [6, 6.07) is 3.90. The van der Waals surface area contributed by atoms with Crippen molar-refractivity contribution in [3.8, 4) is 0 Å². The van der Waals surface area contributed by atoms with Gasteiger partial charge in [-0.25, -0.2) is 4.39 Å². The summed E-state index contributed by atoms with van der Waals surface area (Å²) in [5.74, 6) is -0.904. The zero-order valence-electron chi connectivity index (χ0n) is 6.98. The molecule has 0 bridgehead atoms. The van der Waals surface area contributed by atoms with E-state index in [-0.39, 0.29) is 10.8 Å². The highest BCUT2D eigenvalue weighted by atomic mass is 79.9. The fourth-order valence-electron chi connectivity index (χ4n) is 0.781. The first-order valence-corrected chi connectivity index (χ1v) is 4.78. The average molecular weight is 279 g/mol. The zero-order valence-corrected chi connectivity index (χ0v) is 9.32. The minimum atomic E-state index is -0.515. The number of halogens is 3. The Labute approximate surface area is 93.9 Å². The maximum Gasteiger partial charge on any atom is 0.266 e. The standard InChI is InChI=1S/C9H6BrClFNO/c1-5(11)9(14)13-8-3-2-6(12)4-7(8)10/h2-4H,1H2,(H,13,14). The Morgan fingerprint density at radius 1 is 1.57 bits per heavy atom. The molecular formula is C9H6BrClFNO. The Morgan fingerprint density at radius 2 is 2.21 bits per heavy atom. The maximum atomic E-state index is 12.7. The number of anilines is 1. The maximum absolute atomic E-state index is 12.7. The molecular weight excluding hydrogens is 272 g/mol. The first-order chi connectivity index (χ1) is 6.50. The van der Waals surface area contributed by atoms with Crippen LogP contribution >= 0.6 is 27.5 Å². The van der Waals surface area contributed by atoms with Crippen molar-refractivity contribution in [3.05, 3.63) is 40.1 Å². The Bertz CT molecular complexity index is 394. The van der Waals surface area contributed by atoms with Gasteiger partial charge in [-0.05, 0) is 34.1 Å². The second-order valence-electron chi connectivity index (χ2n) is 2.48. The van der Waals surface area contributed by atoms with E-state index < -0.39 is 5.91 Å². The SMILES string of the molecule is C=C(Cl)C(=O)Nc1ccc(F)cc1Br. The van der Waals surface area contributed by atoms with Gasteiger partial charge < -0.3 is 5.32 Å². The fourth-order valence-corrected chi connectivity index (χ4v) is 1.28. The molecule has 0 atom stereocenters. The van der Waals surface area contributed by atoms with E-state index >= 15 is 0 Å². The lowest BCUT2D eigenvalue weighted by Gasteiger charge is -2.05. The minimum Gasteiger partial charge on any atom is -0.320 e. The van der Waals surface area contributed by atoms with Crippen LogP contribution < -0.4 is 5.32 Å². The van der Waals surface area contributed by atoms with Crippen LogP contribution in [0.4, 0.5) is 10.1 Å². The molecule has 1 amide bonds. The van der Waals surface area contributed by atoms with Crippen molar-refractivity contribution < 1.29 is 9.18 Å². The Hall–Kier alpha value is -0.870. The number of rotatable bonds is 2. The summed E-state index contributed by atoms with van der Waals surface area (Å²) < 4.78 is 13.1. The molecule has 0 radical (unpaired) electrons. The molecule has 0 aromatic heterocycles. The molecule has 0 aliphatic rings. The number of amides is 1. The molecule has 0 spiro atoms. The van der Waals surface area contributed by atoms with Crippen LogP contribution in [-0.2, 0) is 4.79 Å². The van der Waals surface area contributed by atoms with Crippen molar-refractivity contribution in [1.29, 1.82) is 0 Å². The zero-order chi connectivity index (χ0) is 10.7. The van der Waals surface area contributed by atoms with Crippen molar-refractivity contribution in [2.75, 3.05) is 5.32 Å². The van der Waals surface area contributed by atoms with Crippen LogP contribution in [0.5, 0.6) is 0 Å². The largest absolute Gasteiger partial charge is 0.320 e. The van der Waals surface area contributed by atoms with Crippen molar-refractivity contribution >= 4 is 39.1 Å². The lowest BCUT2D eigenvalue weighted by molar-refractivity contribution is -0.112. The Kier molecular flexibility index (Phi) is 3.66. The predicted octanol–water partition coefficient (Wildman–Crippen LogP) is 3.28. The molecule has 74 valence electrons. The van der Waals surface area contributed by atoms with Gasteiger partial charge in [0.05, 0.1) is 10.7 Å². The number of benzene rings is 1. The third-order valence-electron chi connectivity index (χ3n) is 1.43. The van der Waals surface area contributed by atoms with Crippen LogP contribution in [-0.4, -0.2) is 5.91 Å². The van der Waals surface area contributed by atoms with Crippen LogP contribution in [0.15, 0.2) is 34.3 Å². The van der Waals surface area contributed by atoms with E-state index in [0.29, 0.717) is 10.2 Å². The van der Waals surface area contributed by atoms with Crippen LogP contribution in [0, 0.1) is 5.82 Å². The van der Waals surface area contributed by atoms with Gasteiger partial charge in [0.1, 0.15) is 5.82 Å². The molecule has 14 heavy (non-hydrogen) atoms. The monoisotopic (exact) mass is 277 g/mol. The first kappa shape index (κ1) is 11.2. The summed E-state index contributed by atoms with van der Waals surface area (Å²) in [5.41, 5.74) is 0.443. The molecule has 1 aromatic carbocycles. The van der Waals surface area contributed by atoms with E-state index in [1.807, 2.05) is 0 Å². The number of carbonyl (C=O) groups is 1. The molecule has 1 aromatic rings. The van der Waals surface area contributed by atoms with E-state index in [1.54, 1.807) is 0 Å². The van der Waals surface area contributed by atoms with Gasteiger partial charge in [-0.3, -0.25) is 4.79 Å². The van der Waals surface area contributed by atoms with Crippen molar-refractivity contribution in [2.24, 2.45) is 0 Å². The molecule has 2 nitrogen and oxygen atoms in total. The van der Waals surface area contributed by atoms with Gasteiger partial charge in [0.25, 0.3) is 5.91 Å². The van der Waals surface area contributed by atoms with Gasteiger partial charge in [-0.1, -0.05) is 18.2 Å². The molecule has 0 heterocycles. The molecule has 0 saturated heterocycles. The van der Waals surface area contributed by atoms with Gasteiger partial charge in [-0.15, -0.1) is 0 Å². The van der Waals surface area contributed by atoms with E-state index in [2.05, 4.69) is 27.8 Å². The molecule has 0 unspecified atom stereocenters. The normalized spacial score (nSPS) is 9.64. The molecule has 1 N–H and O–H groups in total. The highest BCUT2D eigenvalue weighted by molar-refractivity contribution is 9.10. The lowest BCUT2D eigenvalue weighted by atomic mass is 10.3. The molecule has 0 aliphatic carbocycles.